The Kier molecular flexibility index (Phi) is 5.76. The highest BCUT2D eigenvalue weighted by Crippen LogP contribution is 2.53. The monoisotopic (exact) mass is 535 g/mol. The third kappa shape index (κ3) is 4.31. The molecule has 39 heavy (non-hydrogen) atoms. The van der Waals surface area contributed by atoms with Gasteiger partial charge in [-0.1, -0.05) is 6.07 Å². The standard InChI is InChI=1S/C29H30FN3O6/c30-19-11-16(2-3-18(19)26(35)33-23-14-29(23)5-1-7-39-29)10-17-12-21(31-20-4-8-38-25(17)20)27(36)32-22-13-28(22)6-9-37-15-24(28)34/h2-4,8,11-12,22-24,34H,1,5-7,9-10,13-15H2,(H,32,36)(H,33,35)/t22?,23?,24-,28+,29?/m0/s1. The molecule has 2 amide bonds. The molecule has 0 bridgehead atoms. The quantitative estimate of drug-likeness (QED) is 0.444. The molecular formula is C29H30FN3O6. The van der Waals surface area contributed by atoms with Crippen LogP contribution in [0.4, 0.5) is 4.39 Å². The lowest BCUT2D eigenvalue weighted by Gasteiger charge is -2.28. The number of nitrogens with one attached hydrogen (secondary N) is 2. The van der Waals surface area contributed by atoms with E-state index in [4.69, 9.17) is 13.9 Å². The van der Waals surface area contributed by atoms with Crippen LogP contribution in [0.1, 0.15) is 64.1 Å². The zero-order chi connectivity index (χ0) is 26.8. The second-order valence-corrected chi connectivity index (χ2v) is 11.3. The molecule has 0 radical (unpaired) electrons. The van der Waals surface area contributed by atoms with Crippen LogP contribution in [-0.2, 0) is 15.9 Å². The van der Waals surface area contributed by atoms with E-state index in [9.17, 15) is 14.7 Å². The molecule has 2 aromatic heterocycles. The van der Waals surface area contributed by atoms with Gasteiger partial charge < -0.3 is 29.6 Å². The molecule has 2 aliphatic carbocycles. The van der Waals surface area contributed by atoms with Crippen molar-refractivity contribution >= 4 is 22.9 Å². The van der Waals surface area contributed by atoms with Crippen molar-refractivity contribution in [3.05, 3.63) is 64.8 Å². The number of aliphatic hydroxyl groups is 1. The predicted octanol–water partition coefficient (Wildman–Crippen LogP) is 2.88. The lowest BCUT2D eigenvalue weighted by atomic mass is 9.93. The third-order valence-electron chi connectivity index (χ3n) is 8.93. The van der Waals surface area contributed by atoms with Crippen molar-refractivity contribution in [3.63, 3.8) is 0 Å². The Morgan fingerprint density at radius 3 is 2.74 bits per heavy atom. The van der Waals surface area contributed by atoms with Gasteiger partial charge in [0, 0.05) is 49.1 Å². The lowest BCUT2D eigenvalue weighted by molar-refractivity contribution is -0.0577. The van der Waals surface area contributed by atoms with Gasteiger partial charge in [0.25, 0.3) is 11.8 Å². The summed E-state index contributed by atoms with van der Waals surface area (Å²) in [4.78, 5) is 30.3. The van der Waals surface area contributed by atoms with Gasteiger partial charge in [-0.2, -0.15) is 0 Å². The Balaban J connectivity index is 1.06. The summed E-state index contributed by atoms with van der Waals surface area (Å²) in [6.07, 6.45) is 5.27. The van der Waals surface area contributed by atoms with Crippen molar-refractivity contribution in [2.45, 2.75) is 62.3 Å². The Bertz CT molecular complexity index is 1470. The molecule has 2 saturated carbocycles. The molecule has 2 spiro atoms. The van der Waals surface area contributed by atoms with Gasteiger partial charge in [0.15, 0.2) is 5.58 Å². The van der Waals surface area contributed by atoms with Crippen LogP contribution < -0.4 is 10.6 Å². The molecule has 2 aliphatic heterocycles. The number of nitrogens with zero attached hydrogens (tertiary/aromatic N) is 1. The molecule has 4 aliphatic rings. The van der Waals surface area contributed by atoms with Crippen LogP contribution in [0, 0.1) is 11.2 Å². The molecule has 1 aromatic carbocycles. The van der Waals surface area contributed by atoms with Gasteiger partial charge in [0.1, 0.15) is 17.0 Å². The summed E-state index contributed by atoms with van der Waals surface area (Å²) in [5, 5.41) is 16.3. The van der Waals surface area contributed by atoms with Crippen LogP contribution >= 0.6 is 0 Å². The number of ether oxygens (including phenoxy) is 2. The maximum absolute atomic E-state index is 15.0. The molecule has 4 fully saturated rings. The average molecular weight is 536 g/mol. The fourth-order valence-corrected chi connectivity index (χ4v) is 6.39. The Labute approximate surface area is 224 Å². The second kappa shape index (κ2) is 9.11. The number of halogens is 1. The van der Waals surface area contributed by atoms with E-state index in [0.717, 1.165) is 19.3 Å². The van der Waals surface area contributed by atoms with E-state index < -0.39 is 17.8 Å². The van der Waals surface area contributed by atoms with E-state index in [1.807, 2.05) is 0 Å². The minimum atomic E-state index is -0.608. The molecule has 2 saturated heterocycles. The van der Waals surface area contributed by atoms with Crippen LogP contribution in [0.3, 0.4) is 0 Å². The Morgan fingerprint density at radius 1 is 1.08 bits per heavy atom. The number of hydrogen-bond donors (Lipinski definition) is 3. The van der Waals surface area contributed by atoms with Gasteiger partial charge in [0.05, 0.1) is 36.2 Å². The van der Waals surface area contributed by atoms with Crippen LogP contribution in [-0.4, -0.2) is 65.5 Å². The van der Waals surface area contributed by atoms with Crippen molar-refractivity contribution in [2.75, 3.05) is 19.8 Å². The van der Waals surface area contributed by atoms with E-state index >= 15 is 4.39 Å². The first-order chi connectivity index (χ1) is 18.9. The van der Waals surface area contributed by atoms with E-state index in [1.165, 1.54) is 18.4 Å². The number of amides is 2. The molecule has 9 nitrogen and oxygen atoms in total. The highest BCUT2D eigenvalue weighted by molar-refractivity contribution is 5.96. The molecular weight excluding hydrogens is 505 g/mol. The van der Waals surface area contributed by atoms with Gasteiger partial charge in [-0.25, -0.2) is 9.37 Å². The number of benzene rings is 1. The van der Waals surface area contributed by atoms with E-state index in [1.54, 1.807) is 18.2 Å². The number of rotatable bonds is 6. The summed E-state index contributed by atoms with van der Waals surface area (Å²) in [5.41, 5.74) is 2.00. The number of carbonyl (C=O) groups excluding carboxylic acids is 2. The van der Waals surface area contributed by atoms with Crippen molar-refractivity contribution < 1.29 is 33.0 Å². The van der Waals surface area contributed by atoms with Crippen LogP contribution in [0.5, 0.6) is 0 Å². The normalized spacial score (nSPS) is 31.1. The zero-order valence-corrected chi connectivity index (χ0v) is 21.4. The van der Waals surface area contributed by atoms with Crippen molar-refractivity contribution in [1.29, 1.82) is 0 Å². The third-order valence-corrected chi connectivity index (χ3v) is 8.93. The smallest absolute Gasteiger partial charge is 0.270 e. The maximum Gasteiger partial charge on any atom is 0.270 e. The van der Waals surface area contributed by atoms with Gasteiger partial charge in [-0.05, 0) is 49.4 Å². The molecule has 3 unspecified atom stereocenters. The number of aromatic nitrogens is 1. The topological polar surface area (TPSA) is 123 Å². The molecule has 7 rings (SSSR count). The summed E-state index contributed by atoms with van der Waals surface area (Å²) in [5.74, 6) is -1.38. The van der Waals surface area contributed by atoms with Gasteiger partial charge in [-0.15, -0.1) is 0 Å². The number of aliphatic hydroxyl groups excluding tert-OH is 1. The summed E-state index contributed by atoms with van der Waals surface area (Å²) in [7, 11) is 0. The summed E-state index contributed by atoms with van der Waals surface area (Å²) in [6.45, 7) is 1.55. The fraction of sp³-hybridized carbons (Fsp3) is 0.483. The fourth-order valence-electron chi connectivity index (χ4n) is 6.39. The highest BCUT2D eigenvalue weighted by Gasteiger charge is 2.60. The molecule has 3 N–H and O–H groups in total. The number of hydrogen-bond acceptors (Lipinski definition) is 7. The molecule has 10 heteroatoms. The SMILES string of the molecule is O=C(NC1C[C@]12CCOC[C@@H]2O)c1cc(Cc2ccc(C(=O)NC3CC34CCCO4)c(F)c2)c2occc2n1. The van der Waals surface area contributed by atoms with Gasteiger partial charge in [0.2, 0.25) is 0 Å². The lowest BCUT2D eigenvalue weighted by Crippen LogP contribution is -2.40. The molecule has 204 valence electrons. The zero-order valence-electron chi connectivity index (χ0n) is 21.4. The second-order valence-electron chi connectivity index (χ2n) is 11.3. The van der Waals surface area contributed by atoms with Crippen molar-refractivity contribution in [1.82, 2.24) is 15.6 Å². The first-order valence-corrected chi connectivity index (χ1v) is 13.5. The molecule has 3 aromatic rings. The van der Waals surface area contributed by atoms with Gasteiger partial charge in [-0.3, -0.25) is 9.59 Å². The number of pyridine rings is 1. The largest absolute Gasteiger partial charge is 0.462 e. The van der Waals surface area contributed by atoms with Crippen LogP contribution in [0.2, 0.25) is 0 Å². The minimum absolute atomic E-state index is 0.00889. The predicted molar refractivity (Wildman–Crippen MR) is 137 cm³/mol. The minimum Gasteiger partial charge on any atom is -0.462 e. The van der Waals surface area contributed by atoms with Crippen LogP contribution in [0.15, 0.2) is 41.0 Å². The van der Waals surface area contributed by atoms with Crippen molar-refractivity contribution in [3.8, 4) is 0 Å². The number of furan rings is 1. The van der Waals surface area contributed by atoms with Gasteiger partial charge >= 0.3 is 0 Å². The Morgan fingerprint density at radius 2 is 1.95 bits per heavy atom. The summed E-state index contributed by atoms with van der Waals surface area (Å²) >= 11 is 0. The number of carbonyl (C=O) groups is 2. The van der Waals surface area contributed by atoms with E-state index in [0.29, 0.717) is 48.3 Å². The molecule has 4 heterocycles. The van der Waals surface area contributed by atoms with E-state index in [-0.39, 0.29) is 53.3 Å². The number of fused-ring (bicyclic) bond motifs is 1. The maximum atomic E-state index is 15.0. The highest BCUT2D eigenvalue weighted by atomic mass is 19.1. The van der Waals surface area contributed by atoms with E-state index in [2.05, 4.69) is 15.6 Å². The average Bonchev–Trinajstić information content (AvgIpc) is 3.55. The first kappa shape index (κ1) is 24.7. The Hall–Kier alpha value is -3.34. The van der Waals surface area contributed by atoms with Crippen LogP contribution in [0.25, 0.3) is 11.1 Å². The summed E-state index contributed by atoms with van der Waals surface area (Å²) < 4.78 is 31.8. The molecule has 5 atom stereocenters. The first-order valence-electron chi connectivity index (χ1n) is 13.5. The summed E-state index contributed by atoms with van der Waals surface area (Å²) in [6, 6.07) is 7.69. The van der Waals surface area contributed by atoms with Crippen molar-refractivity contribution in [2.24, 2.45) is 5.41 Å².